The summed E-state index contributed by atoms with van der Waals surface area (Å²) in [7, 11) is 0. The van der Waals surface area contributed by atoms with Crippen LogP contribution in [0.2, 0.25) is 0 Å². The normalized spacial score (nSPS) is 26.6. The van der Waals surface area contributed by atoms with Gasteiger partial charge in [-0.3, -0.25) is 4.79 Å². The van der Waals surface area contributed by atoms with Crippen LogP contribution >= 0.6 is 11.3 Å². The molecule has 4 unspecified atom stereocenters. The first-order valence-electron chi connectivity index (χ1n) is 14.7. The maximum absolute atomic E-state index is 14.2. The van der Waals surface area contributed by atoms with E-state index in [1.165, 1.54) is 11.3 Å². The summed E-state index contributed by atoms with van der Waals surface area (Å²) >= 11 is 1.44. The van der Waals surface area contributed by atoms with E-state index in [0.29, 0.717) is 24.4 Å². The zero-order valence-electron chi connectivity index (χ0n) is 25.2. The van der Waals surface area contributed by atoms with E-state index in [0.717, 1.165) is 28.8 Å². The molecule has 0 saturated carbocycles. The number of nitrogens with zero attached hydrogens (tertiary/aromatic N) is 2. The number of carbonyl (C=O) groups excluding carboxylic acids is 1. The Labute approximate surface area is 260 Å². The molecular weight excluding hydrogens is 547 g/mol. The van der Waals surface area contributed by atoms with Crippen molar-refractivity contribution >= 4 is 22.4 Å². The van der Waals surface area contributed by atoms with Crippen molar-refractivity contribution in [1.29, 1.82) is 5.26 Å². The molecule has 1 N–H and O–H groups in total. The largest absolute Gasteiger partial charge is 0.301 e. The molecule has 1 heterocycles. The molecular formula is C38H39N3OS. The van der Waals surface area contributed by atoms with E-state index in [2.05, 4.69) is 66.8 Å². The number of nitrogens with one attached hydrogen (secondary N) is 1. The first-order chi connectivity index (χ1) is 20.9. The highest BCUT2D eigenvalue weighted by Crippen LogP contribution is 2.57. The van der Waals surface area contributed by atoms with Crippen molar-refractivity contribution in [3.05, 3.63) is 131 Å². The molecule has 0 spiro atoms. The van der Waals surface area contributed by atoms with Gasteiger partial charge in [0, 0.05) is 24.1 Å². The number of hydrogen-bond donors (Lipinski definition) is 1. The molecule has 2 aliphatic carbocycles. The quantitative estimate of drug-likeness (QED) is 0.224. The molecule has 0 fully saturated rings. The number of benzene rings is 1. The van der Waals surface area contributed by atoms with Gasteiger partial charge in [-0.1, -0.05) is 117 Å². The lowest BCUT2D eigenvalue weighted by atomic mass is 9.53. The molecule has 1 aromatic carbocycles. The lowest BCUT2D eigenvalue weighted by Crippen LogP contribution is -2.49. The summed E-state index contributed by atoms with van der Waals surface area (Å²) < 4.78 is 0. The van der Waals surface area contributed by atoms with Crippen molar-refractivity contribution in [2.75, 3.05) is 5.32 Å². The molecule has 5 heteroatoms. The van der Waals surface area contributed by atoms with Crippen molar-refractivity contribution in [2.24, 2.45) is 11.3 Å². The Morgan fingerprint density at radius 2 is 2.00 bits per heavy atom. The number of amides is 1. The molecule has 2 aromatic rings. The van der Waals surface area contributed by atoms with Crippen molar-refractivity contribution in [3.63, 3.8) is 0 Å². The van der Waals surface area contributed by atoms with Crippen LogP contribution in [0.4, 0.5) is 5.13 Å². The Morgan fingerprint density at radius 1 is 1.21 bits per heavy atom. The molecule has 4 rings (SSSR count). The van der Waals surface area contributed by atoms with E-state index >= 15 is 0 Å². The van der Waals surface area contributed by atoms with E-state index in [4.69, 9.17) is 11.4 Å². The number of nitriles is 1. The van der Waals surface area contributed by atoms with Gasteiger partial charge in [-0.15, -0.1) is 23.7 Å². The van der Waals surface area contributed by atoms with Gasteiger partial charge in [0.1, 0.15) is 5.41 Å². The zero-order chi connectivity index (χ0) is 30.7. The highest BCUT2D eigenvalue weighted by molar-refractivity contribution is 7.13. The molecule has 2 aliphatic rings. The fraction of sp³-hybridized carbons (Fsp3) is 0.289. The number of rotatable bonds is 10. The molecule has 0 radical (unpaired) electrons. The van der Waals surface area contributed by atoms with Gasteiger partial charge in [0.25, 0.3) is 0 Å². The Morgan fingerprint density at radius 3 is 2.79 bits per heavy atom. The van der Waals surface area contributed by atoms with Crippen molar-refractivity contribution < 1.29 is 4.79 Å². The number of carbonyl (C=O) groups is 1. The molecule has 2 bridgehead atoms. The van der Waals surface area contributed by atoms with E-state index < -0.39 is 10.8 Å². The third kappa shape index (κ3) is 7.31. The molecule has 4 atom stereocenters. The Hall–Kier alpha value is -4.45. The maximum atomic E-state index is 14.2. The van der Waals surface area contributed by atoms with Crippen molar-refractivity contribution in [3.8, 4) is 18.4 Å². The van der Waals surface area contributed by atoms with Crippen LogP contribution in [0.25, 0.3) is 0 Å². The maximum Gasteiger partial charge on any atom is 0.232 e. The summed E-state index contributed by atoms with van der Waals surface area (Å²) in [5, 5.41) is 16.2. The van der Waals surface area contributed by atoms with E-state index in [1.807, 2.05) is 80.0 Å². The topological polar surface area (TPSA) is 65.8 Å². The van der Waals surface area contributed by atoms with Crippen LogP contribution in [0.3, 0.4) is 0 Å². The van der Waals surface area contributed by atoms with Crippen molar-refractivity contribution in [2.45, 2.75) is 57.8 Å². The molecule has 43 heavy (non-hydrogen) atoms. The summed E-state index contributed by atoms with van der Waals surface area (Å²) in [6, 6.07) is 10.7. The van der Waals surface area contributed by atoms with Gasteiger partial charge in [-0.25, -0.2) is 4.98 Å². The average Bonchev–Trinajstić information content (AvgIpc) is 3.47. The Bertz CT molecular complexity index is 1600. The first-order valence-corrected chi connectivity index (χ1v) is 15.6. The SMILES string of the molecule is C#CC/C=C\C=C/C/C=C/C=C(\C=C/C)Cc1csc(NC(=O)C2(C)CC3(C#N)/C=C\C=C/C(C)C2c2ccccc23)n1. The van der Waals surface area contributed by atoms with E-state index in [1.54, 1.807) is 0 Å². The van der Waals surface area contributed by atoms with E-state index in [-0.39, 0.29) is 17.7 Å². The molecule has 4 nitrogen and oxygen atoms in total. The van der Waals surface area contributed by atoms with Gasteiger partial charge in [0.15, 0.2) is 5.13 Å². The van der Waals surface area contributed by atoms with Gasteiger partial charge in [0.2, 0.25) is 5.91 Å². The summed E-state index contributed by atoms with van der Waals surface area (Å²) in [5.41, 5.74) is 2.40. The number of thiazole rings is 1. The third-order valence-electron chi connectivity index (χ3n) is 8.14. The van der Waals surface area contributed by atoms with Crippen LogP contribution in [-0.2, 0) is 16.6 Å². The van der Waals surface area contributed by atoms with Gasteiger partial charge in [-0.2, -0.15) is 5.26 Å². The first kappa shape index (κ1) is 31.5. The zero-order valence-corrected chi connectivity index (χ0v) is 26.0. The lowest BCUT2D eigenvalue weighted by molar-refractivity contribution is -0.128. The standard InChI is InChI=1S/C38H39N3OS/c1-5-7-8-9-10-11-12-13-14-21-30(19-6-2)25-31-26-43-36(40-31)41-35(42)37(4)27-38(28-39)24-18-17-20-29(3)34(37)32-22-15-16-23-33(32)38/h1,6,8-11,13-24,26,29,34H,7,12,25,27H2,2-4H3,(H,40,41,42)/b9-8-,11-10-,14-13+,19-6-,20-17-,24-18-,30-21+. The number of hydrogen-bond acceptors (Lipinski definition) is 4. The van der Waals surface area contributed by atoms with Gasteiger partial charge in [0.05, 0.1) is 17.2 Å². The number of aromatic nitrogens is 1. The molecule has 1 amide bonds. The Balaban J connectivity index is 1.51. The molecule has 0 saturated heterocycles. The summed E-state index contributed by atoms with van der Waals surface area (Å²) in [6.45, 7) is 6.16. The number of fused-ring (bicyclic) bond motifs is 6. The van der Waals surface area contributed by atoms with Crippen LogP contribution in [0.15, 0.2) is 114 Å². The minimum atomic E-state index is -0.879. The Kier molecular flexibility index (Phi) is 10.7. The second kappa shape index (κ2) is 14.6. The van der Waals surface area contributed by atoms with Gasteiger partial charge < -0.3 is 5.32 Å². The number of anilines is 1. The monoisotopic (exact) mass is 585 g/mol. The highest BCUT2D eigenvalue weighted by atomic mass is 32.1. The second-order valence-corrected chi connectivity index (χ2v) is 12.1. The summed E-state index contributed by atoms with van der Waals surface area (Å²) in [5.74, 6) is 2.51. The summed E-state index contributed by atoms with van der Waals surface area (Å²) in [4.78, 5) is 18.9. The minimum absolute atomic E-state index is 0.0782. The van der Waals surface area contributed by atoms with Gasteiger partial charge >= 0.3 is 0 Å². The predicted octanol–water partition coefficient (Wildman–Crippen LogP) is 8.93. The van der Waals surface area contributed by atoms with Crippen molar-refractivity contribution in [1.82, 2.24) is 4.98 Å². The smallest absolute Gasteiger partial charge is 0.232 e. The van der Waals surface area contributed by atoms with Crippen LogP contribution in [-0.4, -0.2) is 10.9 Å². The van der Waals surface area contributed by atoms with Crippen LogP contribution in [0, 0.1) is 35.0 Å². The predicted molar refractivity (Wildman–Crippen MR) is 179 cm³/mol. The fourth-order valence-electron chi connectivity index (χ4n) is 6.25. The van der Waals surface area contributed by atoms with Crippen LogP contribution < -0.4 is 5.32 Å². The minimum Gasteiger partial charge on any atom is -0.301 e. The molecule has 218 valence electrons. The van der Waals surface area contributed by atoms with Gasteiger partial charge in [-0.05, 0) is 42.4 Å². The number of allylic oxidation sites excluding steroid dienone is 14. The second-order valence-electron chi connectivity index (χ2n) is 11.3. The lowest BCUT2D eigenvalue weighted by Gasteiger charge is -2.48. The average molecular weight is 586 g/mol. The fourth-order valence-corrected chi connectivity index (χ4v) is 6.95. The molecule has 0 aliphatic heterocycles. The third-order valence-corrected chi connectivity index (χ3v) is 8.94. The van der Waals surface area contributed by atoms with Crippen LogP contribution in [0.1, 0.15) is 62.8 Å². The summed E-state index contributed by atoms with van der Waals surface area (Å²) in [6.07, 6.45) is 34.2. The number of terminal acetylenes is 1. The van der Waals surface area contributed by atoms with Crippen LogP contribution in [0.5, 0.6) is 0 Å². The highest BCUT2D eigenvalue weighted by Gasteiger charge is 2.55. The molecule has 1 aromatic heterocycles. The van der Waals surface area contributed by atoms with E-state index in [9.17, 15) is 10.1 Å².